The number of aromatic nitrogens is 2. The van der Waals surface area contributed by atoms with Gasteiger partial charge in [0.15, 0.2) is 0 Å². The van der Waals surface area contributed by atoms with Crippen LogP contribution < -0.4 is 11.1 Å². The molecular weight excluding hydrogens is 468 g/mol. The topological polar surface area (TPSA) is 84.5 Å². The van der Waals surface area contributed by atoms with E-state index in [1.54, 1.807) is 24.3 Å². The fraction of sp³-hybridized carbons (Fsp3) is 0.0769. The lowest BCUT2D eigenvalue weighted by Crippen LogP contribution is -2.17. The van der Waals surface area contributed by atoms with Crippen LogP contribution in [-0.2, 0) is 14.1 Å². The summed E-state index contributed by atoms with van der Waals surface area (Å²) in [4.78, 5) is 26.1. The fourth-order valence-corrected chi connectivity index (χ4v) is 6.32. The third kappa shape index (κ3) is 1.98. The molecule has 0 unspecified atom stereocenters. The molecule has 2 heterocycles. The third-order valence-corrected chi connectivity index (χ3v) is 7.86. The molecule has 164 valence electrons. The van der Waals surface area contributed by atoms with Crippen molar-refractivity contribution < 1.29 is 10.2 Å². The number of aromatic hydroxyl groups is 2. The smallest absolute Gasteiger partial charge is 0.261 e. The lowest BCUT2D eigenvalue weighted by atomic mass is 9.86. The van der Waals surface area contributed by atoms with Gasteiger partial charge in [-0.2, -0.15) is 0 Å². The van der Waals surface area contributed by atoms with Crippen LogP contribution in [0.5, 0.6) is 11.8 Å². The van der Waals surface area contributed by atoms with Gasteiger partial charge in [0.25, 0.3) is 11.1 Å². The Hall–Kier alpha value is -3.88. The fourth-order valence-electron chi connectivity index (χ4n) is 5.66. The maximum Gasteiger partial charge on any atom is 0.261 e. The van der Waals surface area contributed by atoms with Crippen molar-refractivity contribution in [3.63, 3.8) is 0 Å². The molecule has 2 aromatic heterocycles. The SMILES string of the molecule is Cn1c(O)c2ccc3c4c(=S)cc5c(=O)n(C)c(O)c6ccc(c7c(=S)cc(c1=O)c2c37)c4c65. The van der Waals surface area contributed by atoms with Crippen LogP contribution in [0.1, 0.15) is 0 Å². The molecule has 0 saturated carbocycles. The van der Waals surface area contributed by atoms with Gasteiger partial charge < -0.3 is 10.2 Å². The molecule has 0 fully saturated rings. The Balaban J connectivity index is 1.97. The molecule has 0 bridgehead atoms. The lowest BCUT2D eigenvalue weighted by molar-refractivity contribution is 0.431. The average Bonchev–Trinajstić information content (AvgIpc) is 2.83. The second-order valence-corrected chi connectivity index (χ2v) is 9.67. The summed E-state index contributed by atoms with van der Waals surface area (Å²) in [6.45, 7) is 0. The van der Waals surface area contributed by atoms with Crippen LogP contribution in [0.15, 0.2) is 46.0 Å². The molecule has 0 aliphatic rings. The number of hydrogen-bond acceptors (Lipinski definition) is 6. The highest BCUT2D eigenvalue weighted by molar-refractivity contribution is 7.72. The Bertz CT molecular complexity index is 2140. The van der Waals surface area contributed by atoms with E-state index in [9.17, 15) is 19.8 Å². The predicted molar refractivity (Wildman–Crippen MR) is 141 cm³/mol. The first kappa shape index (κ1) is 19.6. The van der Waals surface area contributed by atoms with Crippen molar-refractivity contribution >= 4 is 89.1 Å². The molecule has 8 heteroatoms. The summed E-state index contributed by atoms with van der Waals surface area (Å²) in [7, 11) is 3.05. The Morgan fingerprint density at radius 3 is 1.29 bits per heavy atom. The highest BCUT2D eigenvalue weighted by Crippen LogP contribution is 2.47. The maximum atomic E-state index is 13.0. The minimum atomic E-state index is -0.331. The molecule has 0 aliphatic carbocycles. The monoisotopic (exact) mass is 482 g/mol. The number of rotatable bonds is 0. The van der Waals surface area contributed by atoms with Gasteiger partial charge in [-0.05, 0) is 35.0 Å². The lowest BCUT2D eigenvalue weighted by Gasteiger charge is -2.19. The van der Waals surface area contributed by atoms with E-state index in [2.05, 4.69) is 0 Å². The molecule has 0 atom stereocenters. The molecule has 0 radical (unpaired) electrons. The minimum absolute atomic E-state index is 0.116. The molecule has 7 rings (SSSR count). The molecule has 5 aromatic carbocycles. The van der Waals surface area contributed by atoms with Gasteiger partial charge >= 0.3 is 0 Å². The highest BCUT2D eigenvalue weighted by atomic mass is 32.1. The summed E-state index contributed by atoms with van der Waals surface area (Å²) in [6.07, 6.45) is 0. The Labute approximate surface area is 200 Å². The number of pyridine rings is 2. The van der Waals surface area contributed by atoms with Crippen LogP contribution in [0, 0.1) is 9.02 Å². The summed E-state index contributed by atoms with van der Waals surface area (Å²) >= 11 is 11.6. The van der Waals surface area contributed by atoms with E-state index >= 15 is 0 Å². The summed E-state index contributed by atoms with van der Waals surface area (Å²) in [5.74, 6) is -0.232. The van der Waals surface area contributed by atoms with E-state index in [0.717, 1.165) is 32.3 Å². The second-order valence-electron chi connectivity index (χ2n) is 8.79. The second kappa shape index (κ2) is 5.97. The van der Waals surface area contributed by atoms with E-state index in [0.29, 0.717) is 41.3 Å². The molecule has 0 saturated heterocycles. The van der Waals surface area contributed by atoms with Crippen molar-refractivity contribution in [3.05, 3.63) is 66.1 Å². The molecule has 7 aromatic rings. The molecular formula is C26H14N2O4S2. The van der Waals surface area contributed by atoms with Gasteiger partial charge in [0, 0.05) is 66.2 Å². The van der Waals surface area contributed by atoms with Gasteiger partial charge in [0.1, 0.15) is 0 Å². The Morgan fingerprint density at radius 1 is 0.559 bits per heavy atom. The van der Waals surface area contributed by atoms with Crippen molar-refractivity contribution in [2.45, 2.75) is 0 Å². The standard InChI is InChI=1S/C26H14N2O4S2/c1-27-23(29)11-5-3-9-20-16(34)8-14-18-12(24(30)28(2)26(14)32)6-4-10(22(18)20)19-15(33)7-13(25(27)31)17(11)21(9)19/h3-8,29-30H,1-2H3. The van der Waals surface area contributed by atoms with Crippen molar-refractivity contribution in [3.8, 4) is 11.8 Å². The summed E-state index contributed by atoms with van der Waals surface area (Å²) in [6, 6.07) is 10.7. The van der Waals surface area contributed by atoms with E-state index in [1.807, 2.05) is 12.1 Å². The van der Waals surface area contributed by atoms with Gasteiger partial charge in [-0.15, -0.1) is 0 Å². The van der Waals surface area contributed by atoms with E-state index < -0.39 is 0 Å². The van der Waals surface area contributed by atoms with E-state index in [4.69, 9.17) is 24.4 Å². The number of nitrogens with zero attached hydrogens (tertiary/aromatic N) is 2. The first-order chi connectivity index (χ1) is 16.2. The van der Waals surface area contributed by atoms with Crippen molar-refractivity contribution in [1.29, 1.82) is 0 Å². The van der Waals surface area contributed by atoms with Crippen LogP contribution >= 0.6 is 24.4 Å². The number of fused-ring (bicyclic) bond motifs is 2. The van der Waals surface area contributed by atoms with Crippen LogP contribution in [0.25, 0.3) is 64.6 Å². The van der Waals surface area contributed by atoms with Gasteiger partial charge in [0.05, 0.1) is 10.8 Å². The molecule has 0 amide bonds. The number of benzene rings is 5. The first-order valence-electron chi connectivity index (χ1n) is 10.5. The van der Waals surface area contributed by atoms with Crippen LogP contribution in [-0.4, -0.2) is 19.3 Å². The first-order valence-corrected chi connectivity index (χ1v) is 11.3. The van der Waals surface area contributed by atoms with E-state index in [1.165, 1.54) is 23.2 Å². The average molecular weight is 483 g/mol. The van der Waals surface area contributed by atoms with Gasteiger partial charge in [-0.1, -0.05) is 36.6 Å². The zero-order chi connectivity index (χ0) is 23.8. The van der Waals surface area contributed by atoms with Crippen molar-refractivity contribution in [1.82, 2.24) is 9.13 Å². The molecule has 0 spiro atoms. The van der Waals surface area contributed by atoms with Crippen LogP contribution in [0.3, 0.4) is 0 Å². The van der Waals surface area contributed by atoms with Gasteiger partial charge in [0.2, 0.25) is 11.8 Å². The van der Waals surface area contributed by atoms with Crippen molar-refractivity contribution in [2.75, 3.05) is 0 Å². The minimum Gasteiger partial charge on any atom is -0.494 e. The normalized spacial score (nSPS) is 12.5. The van der Waals surface area contributed by atoms with Crippen LogP contribution in [0.2, 0.25) is 0 Å². The van der Waals surface area contributed by atoms with E-state index in [-0.39, 0.29) is 22.9 Å². The molecule has 34 heavy (non-hydrogen) atoms. The molecule has 6 nitrogen and oxygen atoms in total. The van der Waals surface area contributed by atoms with Crippen LogP contribution in [0.4, 0.5) is 0 Å². The Kier molecular flexibility index (Phi) is 3.44. The zero-order valence-corrected chi connectivity index (χ0v) is 19.5. The largest absolute Gasteiger partial charge is 0.494 e. The highest BCUT2D eigenvalue weighted by Gasteiger charge is 2.24. The summed E-state index contributed by atoms with van der Waals surface area (Å²) in [5.41, 5.74) is -0.662. The van der Waals surface area contributed by atoms with Gasteiger partial charge in [-0.3, -0.25) is 18.7 Å². The molecule has 0 aliphatic heterocycles. The summed E-state index contributed by atoms with van der Waals surface area (Å²) < 4.78 is 3.42. The predicted octanol–water partition coefficient (Wildman–Crippen LogP) is 5.19. The number of hydrogen-bond donors (Lipinski definition) is 2. The summed E-state index contributed by atoms with van der Waals surface area (Å²) in [5, 5.41) is 29.4. The maximum absolute atomic E-state index is 13.0. The zero-order valence-electron chi connectivity index (χ0n) is 17.9. The Morgan fingerprint density at radius 2 is 0.912 bits per heavy atom. The quantitative estimate of drug-likeness (QED) is 0.176. The van der Waals surface area contributed by atoms with Crippen molar-refractivity contribution in [2.24, 2.45) is 14.1 Å². The third-order valence-electron chi connectivity index (χ3n) is 7.22. The van der Waals surface area contributed by atoms with Gasteiger partial charge in [-0.25, -0.2) is 0 Å². The molecule has 2 N–H and O–H groups in total.